The third-order valence-corrected chi connectivity index (χ3v) is 8.07. The van der Waals surface area contributed by atoms with Gasteiger partial charge in [0, 0.05) is 25.0 Å². The summed E-state index contributed by atoms with van der Waals surface area (Å²) in [4.78, 5) is 5.28. The van der Waals surface area contributed by atoms with Gasteiger partial charge >= 0.3 is 0 Å². The highest BCUT2D eigenvalue weighted by Crippen LogP contribution is 2.61. The molecule has 152 valence electrons. The first-order valence-corrected chi connectivity index (χ1v) is 11.1. The molecular weight excluding hydrogens is 368 g/mol. The molecule has 2 N–H and O–H groups in total. The van der Waals surface area contributed by atoms with Crippen molar-refractivity contribution in [1.29, 1.82) is 0 Å². The number of rotatable bonds is 3. The molecule has 4 heteroatoms. The molecule has 2 saturated heterocycles. The number of quaternary nitrogens is 1. The lowest BCUT2D eigenvalue weighted by molar-refractivity contribution is -0.923. The SMILES string of the molecule is C/C=C1/C[N+]2(C)CC[C@@]34C(=Nc5ccccc53)C(=CNNc3ccccc3)[C@H]1C[C@@H]42. The molecule has 3 aliphatic heterocycles. The third kappa shape index (κ3) is 2.28. The van der Waals surface area contributed by atoms with Crippen LogP contribution in [0.15, 0.2) is 83.0 Å². The molecule has 0 aromatic heterocycles. The van der Waals surface area contributed by atoms with E-state index in [4.69, 9.17) is 4.99 Å². The fourth-order valence-electron chi connectivity index (χ4n) is 6.71. The number of benzene rings is 2. The molecule has 1 unspecified atom stereocenters. The number of likely N-dealkylation sites (N-methyl/N-ethyl adjacent to an activating group) is 1. The fraction of sp³-hybridized carbons (Fsp3) is 0.346. The monoisotopic (exact) mass is 397 g/mol. The maximum Gasteiger partial charge on any atom is 0.106 e. The molecule has 2 aromatic rings. The van der Waals surface area contributed by atoms with Crippen LogP contribution in [0.1, 0.15) is 25.3 Å². The van der Waals surface area contributed by atoms with E-state index in [2.05, 4.69) is 73.5 Å². The summed E-state index contributed by atoms with van der Waals surface area (Å²) in [6.45, 7) is 4.59. The van der Waals surface area contributed by atoms with Gasteiger partial charge in [-0.25, -0.2) is 0 Å². The van der Waals surface area contributed by atoms with Crippen molar-refractivity contribution in [3.05, 3.63) is 83.6 Å². The zero-order chi connectivity index (χ0) is 20.3. The standard InChI is InChI=1S/C26H29N4/c1-3-18-17-30(2)14-13-26-22-11-7-8-12-23(22)28-25(26)21(20(18)15-24(26)30)16-27-29-19-9-5-4-6-10-19/h3-12,16,20,24,27,29H,13-15,17H2,1-2H3/q+1/b18-3-,21-16?/t20-,24-,26+,30?/m0/s1. The van der Waals surface area contributed by atoms with Gasteiger partial charge in [0.15, 0.2) is 0 Å². The van der Waals surface area contributed by atoms with Gasteiger partial charge < -0.3 is 15.3 Å². The number of allylic oxidation sites excluding steroid dienone is 2. The molecule has 2 aromatic carbocycles. The number of nitrogens with zero attached hydrogens (tertiary/aromatic N) is 2. The lowest BCUT2D eigenvalue weighted by Gasteiger charge is -2.52. The minimum atomic E-state index is 0.0708. The van der Waals surface area contributed by atoms with Crippen LogP contribution in [0.5, 0.6) is 0 Å². The molecule has 3 heterocycles. The van der Waals surface area contributed by atoms with E-state index in [1.165, 1.54) is 41.9 Å². The normalized spacial score (nSPS) is 35.7. The number of aliphatic imine (C=N–C) groups is 1. The van der Waals surface area contributed by atoms with Gasteiger partial charge in [0.25, 0.3) is 0 Å². The number of piperidine rings is 1. The van der Waals surface area contributed by atoms with E-state index in [9.17, 15) is 0 Å². The second-order valence-corrected chi connectivity index (χ2v) is 9.46. The van der Waals surface area contributed by atoms with Gasteiger partial charge in [0.2, 0.25) is 0 Å². The summed E-state index contributed by atoms with van der Waals surface area (Å²) in [6, 6.07) is 19.8. The molecule has 1 spiro atoms. The zero-order valence-corrected chi connectivity index (χ0v) is 17.7. The summed E-state index contributed by atoms with van der Waals surface area (Å²) in [6.07, 6.45) is 6.95. The average Bonchev–Trinajstić information content (AvgIpc) is 3.29. The van der Waals surface area contributed by atoms with Gasteiger partial charge in [0.1, 0.15) is 12.6 Å². The van der Waals surface area contributed by atoms with Gasteiger partial charge in [-0.2, -0.15) is 0 Å². The molecule has 1 saturated carbocycles. The Balaban J connectivity index is 1.46. The first-order valence-electron chi connectivity index (χ1n) is 11.1. The summed E-state index contributed by atoms with van der Waals surface area (Å²) < 4.78 is 1.16. The van der Waals surface area contributed by atoms with E-state index in [-0.39, 0.29) is 5.41 Å². The molecule has 4 aliphatic rings. The molecule has 4 nitrogen and oxygen atoms in total. The van der Waals surface area contributed by atoms with Gasteiger partial charge in [-0.3, -0.25) is 4.99 Å². The molecule has 4 atom stereocenters. The Bertz CT molecular complexity index is 1100. The van der Waals surface area contributed by atoms with Crippen molar-refractivity contribution in [3.8, 4) is 0 Å². The summed E-state index contributed by atoms with van der Waals surface area (Å²) in [5.74, 6) is 0.454. The van der Waals surface area contributed by atoms with Crippen LogP contribution in [-0.2, 0) is 5.41 Å². The molecule has 2 bridgehead atoms. The molecular formula is C26H29N4+. The zero-order valence-electron chi connectivity index (χ0n) is 17.7. The summed E-state index contributed by atoms with van der Waals surface area (Å²) in [7, 11) is 2.47. The van der Waals surface area contributed by atoms with Crippen LogP contribution in [0.3, 0.4) is 0 Å². The second-order valence-electron chi connectivity index (χ2n) is 9.46. The number of hydrogen-bond acceptors (Lipinski definition) is 3. The molecule has 0 amide bonds. The minimum Gasteiger partial charge on any atom is -0.319 e. The number of para-hydroxylation sites is 2. The third-order valence-electron chi connectivity index (χ3n) is 8.07. The Morgan fingerprint density at radius 1 is 1.10 bits per heavy atom. The van der Waals surface area contributed by atoms with Crippen molar-refractivity contribution < 1.29 is 4.48 Å². The van der Waals surface area contributed by atoms with E-state index in [1.54, 1.807) is 5.57 Å². The van der Waals surface area contributed by atoms with Gasteiger partial charge in [-0.15, -0.1) is 0 Å². The maximum absolute atomic E-state index is 5.28. The largest absolute Gasteiger partial charge is 0.319 e. The number of hydrogen-bond donors (Lipinski definition) is 2. The number of nitrogens with one attached hydrogen (secondary N) is 2. The fourth-order valence-corrected chi connectivity index (χ4v) is 6.71. The van der Waals surface area contributed by atoms with Crippen molar-refractivity contribution in [2.45, 2.75) is 31.2 Å². The molecule has 0 radical (unpaired) electrons. The lowest BCUT2D eigenvalue weighted by Crippen LogP contribution is -2.63. The van der Waals surface area contributed by atoms with E-state index in [0.717, 1.165) is 16.7 Å². The number of anilines is 1. The van der Waals surface area contributed by atoms with Crippen molar-refractivity contribution in [1.82, 2.24) is 5.43 Å². The average molecular weight is 398 g/mol. The Morgan fingerprint density at radius 2 is 1.90 bits per heavy atom. The molecule has 3 fully saturated rings. The summed E-state index contributed by atoms with van der Waals surface area (Å²) in [5, 5.41) is 0. The lowest BCUT2D eigenvalue weighted by atomic mass is 9.58. The second kappa shape index (κ2) is 6.32. The van der Waals surface area contributed by atoms with Crippen molar-refractivity contribution in [2.24, 2.45) is 10.9 Å². The summed E-state index contributed by atoms with van der Waals surface area (Å²) in [5.41, 5.74) is 14.8. The van der Waals surface area contributed by atoms with Crippen molar-refractivity contribution in [3.63, 3.8) is 0 Å². The van der Waals surface area contributed by atoms with Crippen LogP contribution in [0.2, 0.25) is 0 Å². The van der Waals surface area contributed by atoms with Crippen LogP contribution in [0, 0.1) is 5.92 Å². The van der Waals surface area contributed by atoms with E-state index in [0.29, 0.717) is 12.0 Å². The van der Waals surface area contributed by atoms with E-state index < -0.39 is 0 Å². The predicted molar refractivity (Wildman–Crippen MR) is 123 cm³/mol. The van der Waals surface area contributed by atoms with Gasteiger partial charge in [-0.1, -0.05) is 42.5 Å². The van der Waals surface area contributed by atoms with Crippen molar-refractivity contribution >= 4 is 17.1 Å². The molecule has 30 heavy (non-hydrogen) atoms. The van der Waals surface area contributed by atoms with Crippen molar-refractivity contribution in [2.75, 3.05) is 25.6 Å². The van der Waals surface area contributed by atoms with Crippen LogP contribution >= 0.6 is 0 Å². The highest BCUT2D eigenvalue weighted by Gasteiger charge is 2.68. The van der Waals surface area contributed by atoms with Crippen LogP contribution in [0.4, 0.5) is 11.4 Å². The minimum absolute atomic E-state index is 0.0708. The quantitative estimate of drug-likeness (QED) is 0.447. The predicted octanol–water partition coefficient (Wildman–Crippen LogP) is 4.71. The Kier molecular flexibility index (Phi) is 3.79. The van der Waals surface area contributed by atoms with Crippen LogP contribution in [-0.4, -0.2) is 36.4 Å². The Hall–Kier alpha value is -2.85. The van der Waals surface area contributed by atoms with E-state index in [1.807, 2.05) is 18.2 Å². The smallest absolute Gasteiger partial charge is 0.106 e. The highest BCUT2D eigenvalue weighted by molar-refractivity contribution is 6.14. The Labute approximate surface area is 178 Å². The topological polar surface area (TPSA) is 36.4 Å². The van der Waals surface area contributed by atoms with Gasteiger partial charge in [0.05, 0.1) is 36.1 Å². The number of hydrazine groups is 1. The number of fused-ring (bicyclic) bond motifs is 2. The first-order chi connectivity index (χ1) is 14.7. The highest BCUT2D eigenvalue weighted by atomic mass is 15.4. The molecule has 6 rings (SSSR count). The Morgan fingerprint density at radius 3 is 2.73 bits per heavy atom. The van der Waals surface area contributed by atoms with Crippen LogP contribution < -0.4 is 10.9 Å². The maximum atomic E-state index is 5.28. The molecule has 1 aliphatic carbocycles. The van der Waals surface area contributed by atoms with Gasteiger partial charge in [-0.05, 0) is 41.8 Å². The van der Waals surface area contributed by atoms with Crippen LogP contribution in [0.25, 0.3) is 0 Å². The summed E-state index contributed by atoms with van der Waals surface area (Å²) >= 11 is 0. The first kappa shape index (κ1) is 18.0. The van der Waals surface area contributed by atoms with E-state index >= 15 is 0 Å².